The zero-order chi connectivity index (χ0) is 34.2. The zero-order valence-corrected chi connectivity index (χ0v) is 28.8. The van der Waals surface area contributed by atoms with Gasteiger partial charge >= 0.3 is 283 Å². The van der Waals surface area contributed by atoms with Crippen molar-refractivity contribution < 1.29 is 61.8 Å². The van der Waals surface area contributed by atoms with Crippen molar-refractivity contribution in [1.82, 2.24) is 4.90 Å². The summed E-state index contributed by atoms with van der Waals surface area (Å²) in [6, 6.07) is 22.0. The van der Waals surface area contributed by atoms with Gasteiger partial charge in [0, 0.05) is 0 Å². The van der Waals surface area contributed by atoms with Gasteiger partial charge in [0.15, 0.2) is 0 Å². The fourth-order valence-electron chi connectivity index (χ4n) is 6.96. The summed E-state index contributed by atoms with van der Waals surface area (Å²) in [5, 5.41) is 0. The monoisotopic (exact) mass is 774 g/mol. The van der Waals surface area contributed by atoms with Gasteiger partial charge in [-0.05, 0) is 0 Å². The Bertz CT molecular complexity index is 1490. The van der Waals surface area contributed by atoms with Crippen LogP contribution in [0.2, 0.25) is 0 Å². The number of benzene rings is 3. The van der Waals surface area contributed by atoms with Crippen LogP contribution in [0.4, 0.5) is 26.3 Å². The number of ether oxygens (including phenoxy) is 2. The maximum absolute atomic E-state index is 13.7. The van der Waals surface area contributed by atoms with Crippen LogP contribution in [0.1, 0.15) is 81.7 Å². The molecule has 47 heavy (non-hydrogen) atoms. The molecule has 0 aromatic heterocycles. The molecule has 0 N–H and O–H groups in total. The number of piperidine rings is 1. The number of carbonyl (C=O) groups is 1. The molecule has 2 heterocycles. The van der Waals surface area contributed by atoms with Crippen molar-refractivity contribution >= 4 is 5.97 Å². The minimum absolute atomic E-state index is 0.0120. The first kappa shape index (κ1) is 35.7. The summed E-state index contributed by atoms with van der Waals surface area (Å²) in [5.41, 5.74) is -1.73. The molecule has 0 saturated carbocycles. The van der Waals surface area contributed by atoms with E-state index in [1.807, 2.05) is 36.4 Å². The molecule has 2 unspecified atom stereocenters. The van der Waals surface area contributed by atoms with E-state index in [0.717, 1.165) is 37.0 Å². The molecule has 0 aliphatic carbocycles. The second kappa shape index (κ2) is 13.7. The van der Waals surface area contributed by atoms with Crippen molar-refractivity contribution in [3.05, 3.63) is 105 Å². The number of halogens is 7. The molecular weight excluding hydrogens is 735 g/mol. The average molecular weight is 775 g/mol. The molecular formula is C36H39F6INO3-. The van der Waals surface area contributed by atoms with E-state index in [1.165, 1.54) is 5.56 Å². The number of carbonyl (C=O) groups excluding carboxylic acids is 1. The predicted molar refractivity (Wildman–Crippen MR) is 162 cm³/mol. The van der Waals surface area contributed by atoms with E-state index < -0.39 is 60.2 Å². The summed E-state index contributed by atoms with van der Waals surface area (Å²) < 4.78 is 93.0. The number of rotatable bonds is 9. The van der Waals surface area contributed by atoms with Crippen LogP contribution in [0.25, 0.3) is 0 Å². The number of nitrogens with zero attached hydrogens (tertiary/aromatic N) is 1. The Morgan fingerprint density at radius 3 is 2.04 bits per heavy atom. The van der Waals surface area contributed by atoms with Gasteiger partial charge in [0.2, 0.25) is 0 Å². The van der Waals surface area contributed by atoms with E-state index in [2.05, 4.69) is 36.1 Å². The van der Waals surface area contributed by atoms with Crippen LogP contribution in [0, 0.1) is 3.57 Å². The molecule has 0 radical (unpaired) electrons. The number of hydrogen-bond acceptors (Lipinski definition) is 4. The molecule has 2 bridgehead atoms. The summed E-state index contributed by atoms with van der Waals surface area (Å²) >= 11 is -1.73. The van der Waals surface area contributed by atoms with Gasteiger partial charge in [-0.1, -0.05) is 0 Å². The summed E-state index contributed by atoms with van der Waals surface area (Å²) in [7, 11) is 0. The van der Waals surface area contributed by atoms with Gasteiger partial charge in [-0.3, -0.25) is 0 Å². The molecule has 11 heteroatoms. The molecule has 5 rings (SSSR count). The molecule has 256 valence electrons. The first-order chi connectivity index (χ1) is 22.0. The topological polar surface area (TPSA) is 38.8 Å². The third kappa shape index (κ3) is 8.16. The van der Waals surface area contributed by atoms with Gasteiger partial charge in [-0.15, -0.1) is 0 Å². The summed E-state index contributed by atoms with van der Waals surface area (Å²) in [6.07, 6.45) is -6.93. The third-order valence-electron chi connectivity index (χ3n) is 8.85. The molecule has 2 aliphatic heterocycles. The standard InChI is InChI=1S/C36H39F6INO3/c1-23(24-12-7-5-8-13-24)44-30-16-11-17-34(44,25-14-9-6-10-15-25)21-31(30)46-22-29(32(45)47-33(2,3)4)43-28-19-26(35(37,38)39)18-27(20-28)36(40,41)42/h5-10,12-15,18-20,23,29-31H,11,16-17,21-22H2,1-4H3/q-1/t23?,29?,30-,31-,34-/m0/s1. The molecule has 2 fully saturated rings. The number of alkyl halides is 7. The fourth-order valence-corrected chi connectivity index (χ4v) is 9.63. The van der Waals surface area contributed by atoms with E-state index in [-0.39, 0.29) is 40.0 Å². The SMILES string of the molecule is CC(c1ccccc1)N1[C@H]2CCC[C@@]1(c1ccccc1)C[C@@H]2OCC([I-]c1cc(C(F)(F)F)cc(C(F)(F)F)c1)C(=O)OC(C)(C)C. The molecule has 5 atom stereocenters. The maximum atomic E-state index is 13.7. The van der Waals surface area contributed by atoms with Crippen LogP contribution < -0.4 is 21.2 Å². The van der Waals surface area contributed by atoms with E-state index in [9.17, 15) is 31.1 Å². The van der Waals surface area contributed by atoms with Crippen molar-refractivity contribution in [2.75, 3.05) is 6.61 Å². The van der Waals surface area contributed by atoms with Gasteiger partial charge in [0.25, 0.3) is 0 Å². The van der Waals surface area contributed by atoms with Crippen molar-refractivity contribution in [1.29, 1.82) is 0 Å². The Morgan fingerprint density at radius 1 is 0.915 bits per heavy atom. The van der Waals surface area contributed by atoms with Crippen LogP contribution in [0.3, 0.4) is 0 Å². The molecule has 2 saturated heterocycles. The predicted octanol–water partition coefficient (Wildman–Crippen LogP) is 5.99. The zero-order valence-electron chi connectivity index (χ0n) is 26.7. The van der Waals surface area contributed by atoms with Crippen molar-refractivity contribution in [2.24, 2.45) is 0 Å². The quantitative estimate of drug-likeness (QED) is 0.116. The fraction of sp³-hybridized carbons (Fsp3) is 0.472. The van der Waals surface area contributed by atoms with Crippen LogP contribution in [-0.4, -0.2) is 39.1 Å². The van der Waals surface area contributed by atoms with Crippen LogP contribution in [0.15, 0.2) is 78.9 Å². The van der Waals surface area contributed by atoms with E-state index in [0.29, 0.717) is 6.42 Å². The first-order valence-electron chi connectivity index (χ1n) is 15.6. The Hall–Kier alpha value is -2.64. The molecule has 3 aromatic rings. The van der Waals surface area contributed by atoms with Crippen molar-refractivity contribution in [3.8, 4) is 0 Å². The van der Waals surface area contributed by atoms with Gasteiger partial charge in [-0.25, -0.2) is 0 Å². The molecule has 0 amide bonds. The Labute approximate surface area is 282 Å². The van der Waals surface area contributed by atoms with E-state index in [1.54, 1.807) is 20.8 Å². The second-order valence-corrected chi connectivity index (χ2v) is 16.6. The van der Waals surface area contributed by atoms with Gasteiger partial charge in [-0.2, -0.15) is 0 Å². The Balaban J connectivity index is 1.47. The normalized spacial score (nSPS) is 23.4. The van der Waals surface area contributed by atoms with Gasteiger partial charge in [0.1, 0.15) is 0 Å². The summed E-state index contributed by atoms with van der Waals surface area (Å²) in [5.74, 6) is -0.690. The molecule has 2 aliphatic rings. The Morgan fingerprint density at radius 2 is 1.49 bits per heavy atom. The summed E-state index contributed by atoms with van der Waals surface area (Å²) in [6.45, 7) is 7.01. The van der Waals surface area contributed by atoms with Gasteiger partial charge < -0.3 is 0 Å². The summed E-state index contributed by atoms with van der Waals surface area (Å²) in [4.78, 5) is 16.0. The van der Waals surface area contributed by atoms with Crippen LogP contribution >= 0.6 is 0 Å². The average Bonchev–Trinajstić information content (AvgIpc) is 3.19. The minimum atomic E-state index is -4.98. The van der Waals surface area contributed by atoms with Gasteiger partial charge in [0.05, 0.1) is 0 Å². The number of esters is 1. The van der Waals surface area contributed by atoms with Crippen LogP contribution in [0.5, 0.6) is 0 Å². The van der Waals surface area contributed by atoms with Crippen molar-refractivity contribution in [3.63, 3.8) is 0 Å². The van der Waals surface area contributed by atoms with E-state index >= 15 is 0 Å². The first-order valence-corrected chi connectivity index (χ1v) is 18.0. The molecule has 4 nitrogen and oxygen atoms in total. The number of hydrogen-bond donors (Lipinski definition) is 0. The third-order valence-corrected chi connectivity index (χ3v) is 11.8. The molecule has 3 aromatic carbocycles. The molecule has 0 spiro atoms. The Kier molecular flexibility index (Phi) is 10.4. The van der Waals surface area contributed by atoms with E-state index in [4.69, 9.17) is 9.47 Å². The second-order valence-electron chi connectivity index (χ2n) is 13.3. The van der Waals surface area contributed by atoms with Crippen molar-refractivity contribution in [2.45, 2.75) is 99.0 Å². The number of fused-ring (bicyclic) bond motifs is 2. The van der Waals surface area contributed by atoms with Crippen LogP contribution in [-0.2, 0) is 32.2 Å².